The van der Waals surface area contributed by atoms with Crippen molar-refractivity contribution in [2.75, 3.05) is 11.4 Å². The van der Waals surface area contributed by atoms with Crippen LogP contribution in [-0.2, 0) is 4.79 Å². The minimum atomic E-state index is 0.205. The highest BCUT2D eigenvalue weighted by atomic mass is 16.3. The van der Waals surface area contributed by atoms with E-state index >= 15 is 0 Å². The van der Waals surface area contributed by atoms with E-state index in [1.807, 2.05) is 13.0 Å². The Morgan fingerprint density at radius 3 is 2.67 bits per heavy atom. The van der Waals surface area contributed by atoms with Gasteiger partial charge in [-0.3, -0.25) is 4.79 Å². The second kappa shape index (κ2) is 4.30. The van der Waals surface area contributed by atoms with Crippen molar-refractivity contribution in [2.45, 2.75) is 26.2 Å². The van der Waals surface area contributed by atoms with Crippen molar-refractivity contribution in [1.82, 2.24) is 0 Å². The van der Waals surface area contributed by atoms with E-state index < -0.39 is 0 Å². The molecule has 96 valence electrons. The van der Waals surface area contributed by atoms with E-state index in [1.165, 1.54) is 6.42 Å². The number of carbonyl (C=O) groups excluding carboxylic acids is 1. The Hall–Kier alpha value is -1.51. The third-order valence-corrected chi connectivity index (χ3v) is 4.32. The van der Waals surface area contributed by atoms with Gasteiger partial charge in [-0.05, 0) is 50.2 Å². The molecule has 2 fully saturated rings. The number of anilines is 1. The number of benzene rings is 1. The third-order valence-electron chi connectivity index (χ3n) is 4.32. The van der Waals surface area contributed by atoms with Crippen molar-refractivity contribution < 1.29 is 9.90 Å². The Kier molecular flexibility index (Phi) is 2.77. The lowest BCUT2D eigenvalue weighted by Gasteiger charge is -2.25. The third kappa shape index (κ3) is 1.98. The number of aromatic hydroxyl groups is 1. The Bertz CT molecular complexity index is 461. The first-order valence-corrected chi connectivity index (χ1v) is 6.79. The monoisotopic (exact) mass is 245 g/mol. The quantitative estimate of drug-likeness (QED) is 0.889. The van der Waals surface area contributed by atoms with Gasteiger partial charge < -0.3 is 10.0 Å². The molecule has 0 heterocycles. The maximum atomic E-state index is 12.5. The highest BCUT2D eigenvalue weighted by molar-refractivity contribution is 5.95. The number of hydrogen-bond acceptors (Lipinski definition) is 2. The fraction of sp³-hybridized carbons (Fsp3) is 0.533. The zero-order valence-corrected chi connectivity index (χ0v) is 10.7. The highest BCUT2D eigenvalue weighted by Crippen LogP contribution is 2.54. The molecule has 1 aromatic rings. The zero-order valence-electron chi connectivity index (χ0n) is 10.7. The van der Waals surface area contributed by atoms with Gasteiger partial charge in [0.2, 0.25) is 5.91 Å². The summed E-state index contributed by atoms with van der Waals surface area (Å²) in [7, 11) is 0. The van der Waals surface area contributed by atoms with Crippen LogP contribution in [0.2, 0.25) is 0 Å². The molecule has 2 aliphatic carbocycles. The van der Waals surface area contributed by atoms with Crippen molar-refractivity contribution in [3.05, 3.63) is 24.3 Å². The summed E-state index contributed by atoms with van der Waals surface area (Å²) in [5.41, 5.74) is 0.808. The number of hydrogen-bond donors (Lipinski definition) is 1. The molecule has 18 heavy (non-hydrogen) atoms. The molecular weight excluding hydrogens is 226 g/mol. The number of carbonyl (C=O) groups is 1. The van der Waals surface area contributed by atoms with E-state index in [9.17, 15) is 9.90 Å². The predicted molar refractivity (Wildman–Crippen MR) is 70.5 cm³/mol. The fourth-order valence-corrected chi connectivity index (χ4v) is 3.26. The van der Waals surface area contributed by atoms with Gasteiger partial charge in [0.25, 0.3) is 0 Å². The van der Waals surface area contributed by atoms with Crippen LogP contribution in [0.5, 0.6) is 5.75 Å². The average molecular weight is 245 g/mol. The van der Waals surface area contributed by atoms with Crippen molar-refractivity contribution in [3.8, 4) is 5.75 Å². The minimum Gasteiger partial charge on any atom is -0.508 e. The van der Waals surface area contributed by atoms with E-state index in [0.29, 0.717) is 6.54 Å². The van der Waals surface area contributed by atoms with Gasteiger partial charge in [0.15, 0.2) is 0 Å². The van der Waals surface area contributed by atoms with Crippen molar-refractivity contribution in [2.24, 2.45) is 17.8 Å². The molecule has 3 nitrogen and oxygen atoms in total. The smallest absolute Gasteiger partial charge is 0.230 e. The second-order valence-corrected chi connectivity index (χ2v) is 5.53. The van der Waals surface area contributed by atoms with Crippen LogP contribution in [0, 0.1) is 17.8 Å². The van der Waals surface area contributed by atoms with Crippen LogP contribution in [-0.4, -0.2) is 17.6 Å². The van der Waals surface area contributed by atoms with Crippen LogP contribution in [0.4, 0.5) is 5.69 Å². The molecule has 3 heteroatoms. The number of phenolic OH excluding ortho intramolecular Hbond substituents is 1. The molecule has 3 rings (SSSR count). The Labute approximate surface area is 107 Å². The molecule has 0 aliphatic heterocycles. The lowest BCUT2D eigenvalue weighted by molar-refractivity contribution is -0.122. The molecule has 1 N–H and O–H groups in total. The number of rotatable bonds is 3. The summed E-state index contributed by atoms with van der Waals surface area (Å²) < 4.78 is 0. The first kappa shape index (κ1) is 11.6. The fourth-order valence-electron chi connectivity index (χ4n) is 3.26. The minimum absolute atomic E-state index is 0.205. The maximum absolute atomic E-state index is 12.5. The van der Waals surface area contributed by atoms with Gasteiger partial charge >= 0.3 is 0 Å². The van der Waals surface area contributed by atoms with Crippen molar-refractivity contribution in [1.29, 1.82) is 0 Å². The highest BCUT2D eigenvalue weighted by Gasteiger charge is 2.48. The van der Waals surface area contributed by atoms with Crippen molar-refractivity contribution >= 4 is 11.6 Å². The molecule has 2 saturated carbocycles. The molecule has 0 spiro atoms. The summed E-state index contributed by atoms with van der Waals surface area (Å²) in [6.45, 7) is 2.64. The van der Waals surface area contributed by atoms with Gasteiger partial charge in [-0.25, -0.2) is 0 Å². The van der Waals surface area contributed by atoms with Crippen molar-refractivity contribution in [3.63, 3.8) is 0 Å². The number of nitrogens with zero attached hydrogens (tertiary/aromatic N) is 1. The topological polar surface area (TPSA) is 40.5 Å². The largest absolute Gasteiger partial charge is 0.508 e. The zero-order chi connectivity index (χ0) is 12.7. The van der Waals surface area contributed by atoms with Gasteiger partial charge in [0.1, 0.15) is 5.75 Å². The van der Waals surface area contributed by atoms with E-state index in [2.05, 4.69) is 0 Å². The summed E-state index contributed by atoms with van der Waals surface area (Å²) >= 11 is 0. The number of phenols is 1. The van der Waals surface area contributed by atoms with E-state index in [4.69, 9.17) is 0 Å². The second-order valence-electron chi connectivity index (χ2n) is 5.53. The van der Waals surface area contributed by atoms with Gasteiger partial charge in [0.05, 0.1) is 0 Å². The van der Waals surface area contributed by atoms with Gasteiger partial charge in [0, 0.05) is 24.2 Å². The first-order chi connectivity index (χ1) is 8.69. The molecule has 1 aromatic carbocycles. The van der Waals surface area contributed by atoms with Gasteiger partial charge in [-0.1, -0.05) is 6.07 Å². The van der Waals surface area contributed by atoms with Gasteiger partial charge in [-0.15, -0.1) is 0 Å². The molecule has 2 aliphatic rings. The van der Waals surface area contributed by atoms with E-state index in [1.54, 1.807) is 23.1 Å². The van der Waals surface area contributed by atoms with Gasteiger partial charge in [-0.2, -0.15) is 0 Å². The molecule has 2 unspecified atom stereocenters. The Morgan fingerprint density at radius 1 is 1.33 bits per heavy atom. The molecule has 0 radical (unpaired) electrons. The summed E-state index contributed by atoms with van der Waals surface area (Å²) in [6, 6.07) is 6.97. The summed E-state index contributed by atoms with van der Waals surface area (Å²) in [6.07, 6.45) is 3.47. The molecule has 0 saturated heterocycles. The molecule has 0 aromatic heterocycles. The SMILES string of the molecule is CCN(C(=O)C1CC2CC2C1)c1cccc(O)c1. The maximum Gasteiger partial charge on any atom is 0.230 e. The lowest BCUT2D eigenvalue weighted by atomic mass is 10.0. The van der Waals surface area contributed by atoms with Crippen LogP contribution in [0.25, 0.3) is 0 Å². The summed E-state index contributed by atoms with van der Waals surface area (Å²) in [4.78, 5) is 14.3. The van der Waals surface area contributed by atoms with E-state index in [-0.39, 0.29) is 17.6 Å². The Balaban J connectivity index is 1.77. The van der Waals surface area contributed by atoms with E-state index in [0.717, 1.165) is 30.4 Å². The normalized spacial score (nSPS) is 28.8. The number of amides is 1. The summed E-state index contributed by atoms with van der Waals surface area (Å²) in [5, 5.41) is 9.52. The Morgan fingerprint density at radius 2 is 2.06 bits per heavy atom. The van der Waals surface area contributed by atoms with Crippen LogP contribution >= 0.6 is 0 Å². The molecule has 1 amide bonds. The van der Waals surface area contributed by atoms with Crippen LogP contribution in [0.1, 0.15) is 26.2 Å². The number of fused-ring (bicyclic) bond motifs is 1. The summed E-state index contributed by atoms with van der Waals surface area (Å²) in [5.74, 6) is 2.29. The molecular formula is C15H19NO2. The lowest BCUT2D eigenvalue weighted by Crippen LogP contribution is -2.35. The first-order valence-electron chi connectivity index (χ1n) is 6.79. The molecule has 2 atom stereocenters. The average Bonchev–Trinajstić information content (AvgIpc) is 2.97. The predicted octanol–water partition coefficient (Wildman–Crippen LogP) is 2.79. The van der Waals surface area contributed by atoms with Crippen LogP contribution in [0.3, 0.4) is 0 Å². The standard InChI is InChI=1S/C15H19NO2/c1-2-16(13-4-3-5-14(17)9-13)15(18)12-7-10-6-11(10)8-12/h3-5,9-12,17H,2,6-8H2,1H3. The molecule has 0 bridgehead atoms. The van der Waals surface area contributed by atoms with Crippen LogP contribution in [0.15, 0.2) is 24.3 Å². The van der Waals surface area contributed by atoms with Crippen LogP contribution < -0.4 is 4.90 Å².